The number of rotatable bonds is 7. The van der Waals surface area contributed by atoms with Crippen molar-refractivity contribution in [2.75, 3.05) is 12.9 Å². The van der Waals surface area contributed by atoms with Gasteiger partial charge in [-0.15, -0.1) is 10.2 Å². The largest absolute Gasteiger partial charge is 0.496 e. The Morgan fingerprint density at radius 2 is 2.12 bits per heavy atom. The molecule has 1 amide bonds. The minimum atomic E-state index is -0.155. The highest BCUT2D eigenvalue weighted by Crippen LogP contribution is 2.25. The van der Waals surface area contributed by atoms with E-state index in [2.05, 4.69) is 15.5 Å². The van der Waals surface area contributed by atoms with Gasteiger partial charge in [0.25, 0.3) is 0 Å². The molecule has 0 fully saturated rings. The Kier molecular flexibility index (Phi) is 5.62. The number of thioether (sulfide) groups is 1. The lowest BCUT2D eigenvalue weighted by Crippen LogP contribution is -2.28. The lowest BCUT2D eigenvalue weighted by molar-refractivity contribution is -0.119. The van der Waals surface area contributed by atoms with E-state index in [9.17, 15) is 4.79 Å². The molecule has 0 aliphatic carbocycles. The number of hydrogen-bond donors (Lipinski definition) is 1. The minimum Gasteiger partial charge on any atom is -0.496 e. The number of amides is 1. The summed E-state index contributed by atoms with van der Waals surface area (Å²) in [5, 5.41) is 11.9. The first kappa shape index (κ1) is 18.1. The molecule has 0 radical (unpaired) electrons. The molecule has 1 atom stereocenters. The molecule has 8 heteroatoms. The quantitative estimate of drug-likeness (QED) is 0.642. The van der Waals surface area contributed by atoms with E-state index in [4.69, 9.17) is 9.15 Å². The first-order chi connectivity index (χ1) is 12.6. The molecular weight excluding hydrogens is 352 g/mol. The average molecular weight is 372 g/mol. The van der Waals surface area contributed by atoms with Crippen LogP contribution in [0.4, 0.5) is 0 Å². The molecule has 0 bridgehead atoms. The van der Waals surface area contributed by atoms with Crippen molar-refractivity contribution in [2.45, 2.75) is 18.1 Å². The number of nitrogens with one attached hydrogen (secondary N) is 1. The zero-order chi connectivity index (χ0) is 18.5. The molecule has 0 aliphatic rings. The van der Waals surface area contributed by atoms with E-state index in [0.717, 1.165) is 11.3 Å². The number of carbonyl (C=O) groups is 1. The van der Waals surface area contributed by atoms with E-state index in [1.165, 1.54) is 11.8 Å². The van der Waals surface area contributed by atoms with Crippen molar-refractivity contribution in [3.63, 3.8) is 0 Å². The molecule has 0 spiro atoms. The molecule has 1 N–H and O–H groups in total. The average Bonchev–Trinajstić information content (AvgIpc) is 3.29. The molecule has 2 aromatic heterocycles. The van der Waals surface area contributed by atoms with Crippen LogP contribution in [-0.4, -0.2) is 33.5 Å². The summed E-state index contributed by atoms with van der Waals surface area (Å²) < 4.78 is 12.5. The Hall–Kier alpha value is -2.74. The molecule has 3 rings (SSSR count). The number of ether oxygens (including phenoxy) is 1. The third-order valence-electron chi connectivity index (χ3n) is 3.89. The van der Waals surface area contributed by atoms with E-state index in [-0.39, 0.29) is 17.7 Å². The van der Waals surface area contributed by atoms with Crippen molar-refractivity contribution in [3.05, 3.63) is 48.2 Å². The van der Waals surface area contributed by atoms with Gasteiger partial charge >= 0.3 is 0 Å². The highest BCUT2D eigenvalue weighted by atomic mass is 32.2. The molecule has 2 heterocycles. The number of para-hydroxylation sites is 1. The SMILES string of the molecule is COc1ccccc1C(C)NC(=O)CSc1nnc(-c2ccco2)n1C. The third kappa shape index (κ3) is 3.91. The predicted molar refractivity (Wildman–Crippen MR) is 99.0 cm³/mol. The topological polar surface area (TPSA) is 82.2 Å². The van der Waals surface area contributed by atoms with Gasteiger partial charge in [-0.25, -0.2) is 0 Å². The van der Waals surface area contributed by atoms with Crippen LogP contribution < -0.4 is 10.1 Å². The van der Waals surface area contributed by atoms with Crippen molar-refractivity contribution < 1.29 is 13.9 Å². The number of furan rings is 1. The maximum Gasteiger partial charge on any atom is 0.230 e. The molecule has 26 heavy (non-hydrogen) atoms. The second-order valence-electron chi connectivity index (χ2n) is 5.66. The first-order valence-electron chi connectivity index (χ1n) is 8.08. The van der Waals surface area contributed by atoms with Crippen LogP contribution in [-0.2, 0) is 11.8 Å². The van der Waals surface area contributed by atoms with Gasteiger partial charge in [-0.3, -0.25) is 4.79 Å². The van der Waals surface area contributed by atoms with Gasteiger partial charge in [-0.05, 0) is 25.1 Å². The maximum atomic E-state index is 12.3. The summed E-state index contributed by atoms with van der Waals surface area (Å²) in [6.45, 7) is 1.93. The molecule has 7 nitrogen and oxygen atoms in total. The van der Waals surface area contributed by atoms with Crippen LogP contribution in [0.1, 0.15) is 18.5 Å². The zero-order valence-electron chi connectivity index (χ0n) is 14.8. The number of benzene rings is 1. The van der Waals surface area contributed by atoms with Crippen molar-refractivity contribution in [3.8, 4) is 17.3 Å². The fraction of sp³-hybridized carbons (Fsp3) is 0.278. The number of carbonyl (C=O) groups excluding carboxylic acids is 1. The Morgan fingerprint density at radius 3 is 2.85 bits per heavy atom. The van der Waals surface area contributed by atoms with Gasteiger partial charge in [0, 0.05) is 12.6 Å². The molecule has 3 aromatic rings. The van der Waals surface area contributed by atoms with Crippen molar-refractivity contribution in [1.82, 2.24) is 20.1 Å². The van der Waals surface area contributed by atoms with Crippen LogP contribution in [0.15, 0.2) is 52.2 Å². The predicted octanol–water partition coefficient (Wildman–Crippen LogP) is 3.05. The fourth-order valence-corrected chi connectivity index (χ4v) is 3.30. The summed E-state index contributed by atoms with van der Waals surface area (Å²) in [5.41, 5.74) is 0.937. The summed E-state index contributed by atoms with van der Waals surface area (Å²) in [7, 11) is 3.46. The zero-order valence-corrected chi connectivity index (χ0v) is 15.6. The van der Waals surface area contributed by atoms with Crippen molar-refractivity contribution in [1.29, 1.82) is 0 Å². The molecule has 0 aliphatic heterocycles. The van der Waals surface area contributed by atoms with Gasteiger partial charge in [0.15, 0.2) is 16.7 Å². The van der Waals surface area contributed by atoms with Crippen LogP contribution in [0.5, 0.6) is 5.75 Å². The fourth-order valence-electron chi connectivity index (χ4n) is 2.58. The van der Waals surface area contributed by atoms with Crippen molar-refractivity contribution >= 4 is 17.7 Å². The summed E-state index contributed by atoms with van der Waals surface area (Å²) in [5.74, 6) is 2.17. The highest BCUT2D eigenvalue weighted by molar-refractivity contribution is 7.99. The number of methoxy groups -OCH3 is 1. The van der Waals surface area contributed by atoms with Crippen LogP contribution in [0.2, 0.25) is 0 Å². The summed E-state index contributed by atoms with van der Waals surface area (Å²) >= 11 is 1.32. The van der Waals surface area contributed by atoms with Crippen molar-refractivity contribution in [2.24, 2.45) is 7.05 Å². The lowest BCUT2D eigenvalue weighted by Gasteiger charge is -2.17. The molecule has 136 valence electrons. The Bertz CT molecular complexity index is 876. The number of nitrogens with zero attached hydrogens (tertiary/aromatic N) is 3. The lowest BCUT2D eigenvalue weighted by atomic mass is 10.1. The summed E-state index contributed by atoms with van der Waals surface area (Å²) in [4.78, 5) is 12.3. The van der Waals surface area contributed by atoms with Gasteiger partial charge in [-0.1, -0.05) is 30.0 Å². The van der Waals surface area contributed by atoms with Crippen LogP contribution >= 0.6 is 11.8 Å². The Labute approximate surface area is 155 Å². The minimum absolute atomic E-state index is 0.0871. The van der Waals surface area contributed by atoms with Gasteiger partial charge in [0.05, 0.1) is 25.2 Å². The monoisotopic (exact) mass is 372 g/mol. The first-order valence-corrected chi connectivity index (χ1v) is 9.07. The smallest absolute Gasteiger partial charge is 0.230 e. The highest BCUT2D eigenvalue weighted by Gasteiger charge is 2.17. The Balaban J connectivity index is 1.59. The van der Waals surface area contributed by atoms with E-state index < -0.39 is 0 Å². The summed E-state index contributed by atoms with van der Waals surface area (Å²) in [6, 6.07) is 11.1. The molecular formula is C18H20N4O3S. The van der Waals surface area contributed by atoms with E-state index in [1.54, 1.807) is 24.0 Å². The van der Waals surface area contributed by atoms with E-state index in [0.29, 0.717) is 16.7 Å². The molecule has 1 unspecified atom stereocenters. The number of aromatic nitrogens is 3. The normalized spacial score (nSPS) is 12.0. The Morgan fingerprint density at radius 1 is 1.31 bits per heavy atom. The van der Waals surface area contributed by atoms with E-state index in [1.807, 2.05) is 44.3 Å². The van der Waals surface area contributed by atoms with Gasteiger partial charge < -0.3 is 19.0 Å². The molecule has 0 saturated heterocycles. The molecule has 1 aromatic carbocycles. The summed E-state index contributed by atoms with van der Waals surface area (Å²) in [6.07, 6.45) is 1.59. The molecule has 0 saturated carbocycles. The third-order valence-corrected chi connectivity index (χ3v) is 4.91. The van der Waals surface area contributed by atoms with Gasteiger partial charge in [0.1, 0.15) is 5.75 Å². The van der Waals surface area contributed by atoms with Gasteiger partial charge in [-0.2, -0.15) is 0 Å². The van der Waals surface area contributed by atoms with Crippen LogP contribution in [0, 0.1) is 0 Å². The maximum absolute atomic E-state index is 12.3. The van der Waals surface area contributed by atoms with E-state index >= 15 is 0 Å². The van der Waals surface area contributed by atoms with Crippen LogP contribution in [0.3, 0.4) is 0 Å². The van der Waals surface area contributed by atoms with Crippen LogP contribution in [0.25, 0.3) is 11.6 Å². The number of hydrogen-bond acceptors (Lipinski definition) is 6. The second-order valence-corrected chi connectivity index (χ2v) is 6.60. The van der Waals surface area contributed by atoms with Gasteiger partial charge in [0.2, 0.25) is 5.91 Å². The standard InChI is InChI=1S/C18H20N4O3S/c1-12(13-7-4-5-8-14(13)24-3)19-16(23)11-26-18-21-20-17(22(18)2)15-9-6-10-25-15/h4-10,12H,11H2,1-3H3,(H,19,23). The second kappa shape index (κ2) is 8.09.